The standard InChI is InChI=1S/C22H24N2O5S/c25-22(23-26)19(13-10-15-6-2-1-3-7-15)24-30(27,28)16-11-12-18-17-8-4-5-9-20(17)29-21(18)14-16/h1-3,6-7,11-12,14,19,24,26H,4-5,8-10,13H2,(H,23,25)/t19-/m1/s1. The van der Waals surface area contributed by atoms with E-state index in [2.05, 4.69) is 4.72 Å². The van der Waals surface area contributed by atoms with E-state index in [0.717, 1.165) is 48.0 Å². The molecule has 1 heterocycles. The Balaban J connectivity index is 1.56. The summed E-state index contributed by atoms with van der Waals surface area (Å²) in [7, 11) is -3.99. The number of fused-ring (bicyclic) bond motifs is 3. The van der Waals surface area contributed by atoms with Crippen molar-refractivity contribution in [3.63, 3.8) is 0 Å². The largest absolute Gasteiger partial charge is 0.461 e. The molecular weight excluding hydrogens is 404 g/mol. The molecule has 158 valence electrons. The maximum absolute atomic E-state index is 12.9. The predicted molar refractivity (Wildman–Crippen MR) is 112 cm³/mol. The molecule has 0 radical (unpaired) electrons. The Morgan fingerprint density at radius 1 is 1.10 bits per heavy atom. The van der Waals surface area contributed by atoms with Crippen molar-refractivity contribution in [2.24, 2.45) is 0 Å². The first kappa shape index (κ1) is 20.6. The number of aryl methyl sites for hydroxylation is 3. The van der Waals surface area contributed by atoms with Crippen molar-refractivity contribution in [3.05, 3.63) is 65.4 Å². The number of hydroxylamine groups is 1. The van der Waals surface area contributed by atoms with Crippen LogP contribution in [0.2, 0.25) is 0 Å². The number of sulfonamides is 1. The lowest BCUT2D eigenvalue weighted by Crippen LogP contribution is -2.46. The van der Waals surface area contributed by atoms with Crippen LogP contribution in [-0.4, -0.2) is 25.6 Å². The highest BCUT2D eigenvalue weighted by atomic mass is 32.2. The molecule has 0 saturated heterocycles. The highest BCUT2D eigenvalue weighted by Gasteiger charge is 2.27. The molecule has 30 heavy (non-hydrogen) atoms. The summed E-state index contributed by atoms with van der Waals surface area (Å²) >= 11 is 0. The third-order valence-electron chi connectivity index (χ3n) is 5.53. The summed E-state index contributed by atoms with van der Waals surface area (Å²) in [6.45, 7) is 0. The minimum Gasteiger partial charge on any atom is -0.461 e. The van der Waals surface area contributed by atoms with Gasteiger partial charge in [0.05, 0.1) is 4.90 Å². The van der Waals surface area contributed by atoms with Gasteiger partial charge in [-0.15, -0.1) is 0 Å². The Labute approximate surface area is 175 Å². The Morgan fingerprint density at radius 2 is 1.87 bits per heavy atom. The normalized spacial score (nSPS) is 15.0. The molecule has 1 aliphatic rings. The van der Waals surface area contributed by atoms with E-state index in [9.17, 15) is 13.2 Å². The molecule has 1 aromatic heterocycles. The minimum absolute atomic E-state index is 0.0246. The number of furan rings is 1. The topological polar surface area (TPSA) is 109 Å². The van der Waals surface area contributed by atoms with Gasteiger partial charge in [-0.05, 0) is 49.8 Å². The van der Waals surface area contributed by atoms with E-state index < -0.39 is 22.0 Å². The van der Waals surface area contributed by atoms with Crippen molar-refractivity contribution in [3.8, 4) is 0 Å². The quantitative estimate of drug-likeness (QED) is 0.396. The van der Waals surface area contributed by atoms with Crippen LogP contribution in [0.1, 0.15) is 36.1 Å². The summed E-state index contributed by atoms with van der Waals surface area (Å²) in [4.78, 5) is 12.1. The van der Waals surface area contributed by atoms with Crippen LogP contribution in [0.5, 0.6) is 0 Å². The number of carbonyl (C=O) groups excluding carboxylic acids is 1. The number of benzene rings is 2. The zero-order valence-electron chi connectivity index (χ0n) is 16.4. The van der Waals surface area contributed by atoms with Crippen LogP contribution >= 0.6 is 0 Å². The molecule has 3 N–H and O–H groups in total. The first-order valence-corrected chi connectivity index (χ1v) is 11.5. The van der Waals surface area contributed by atoms with Crippen molar-refractivity contribution < 1.29 is 22.8 Å². The van der Waals surface area contributed by atoms with E-state index in [1.807, 2.05) is 30.3 Å². The lowest BCUT2D eigenvalue weighted by Gasteiger charge is -2.17. The van der Waals surface area contributed by atoms with E-state index in [4.69, 9.17) is 9.62 Å². The maximum Gasteiger partial charge on any atom is 0.261 e. The van der Waals surface area contributed by atoms with E-state index in [1.165, 1.54) is 12.1 Å². The first-order valence-electron chi connectivity index (χ1n) is 10.0. The summed E-state index contributed by atoms with van der Waals surface area (Å²) in [6, 6.07) is 13.1. The van der Waals surface area contributed by atoms with Crippen LogP contribution in [0.3, 0.4) is 0 Å². The van der Waals surface area contributed by atoms with Gasteiger partial charge < -0.3 is 4.42 Å². The Morgan fingerprint density at radius 3 is 2.63 bits per heavy atom. The average Bonchev–Trinajstić information content (AvgIpc) is 3.14. The van der Waals surface area contributed by atoms with Gasteiger partial charge in [-0.3, -0.25) is 10.0 Å². The molecule has 7 nitrogen and oxygen atoms in total. The number of nitrogens with one attached hydrogen (secondary N) is 2. The van der Waals surface area contributed by atoms with E-state index in [1.54, 1.807) is 11.5 Å². The zero-order valence-corrected chi connectivity index (χ0v) is 17.2. The summed E-state index contributed by atoms with van der Waals surface area (Å²) in [6.07, 6.45) is 4.65. The lowest BCUT2D eigenvalue weighted by atomic mass is 9.96. The fraction of sp³-hybridized carbons (Fsp3) is 0.318. The summed E-state index contributed by atoms with van der Waals surface area (Å²) in [5.74, 6) is 0.128. The van der Waals surface area contributed by atoms with Gasteiger partial charge in [-0.1, -0.05) is 30.3 Å². The molecule has 2 aromatic carbocycles. The molecule has 8 heteroatoms. The van der Waals surface area contributed by atoms with Crippen molar-refractivity contribution >= 4 is 26.9 Å². The van der Waals surface area contributed by atoms with Gasteiger partial charge >= 0.3 is 0 Å². The van der Waals surface area contributed by atoms with Crippen LogP contribution in [-0.2, 0) is 34.1 Å². The molecule has 0 spiro atoms. The molecule has 3 aromatic rings. The average molecular weight is 429 g/mol. The van der Waals surface area contributed by atoms with E-state index in [0.29, 0.717) is 12.0 Å². The highest BCUT2D eigenvalue weighted by Crippen LogP contribution is 2.33. The number of carbonyl (C=O) groups is 1. The molecule has 0 unspecified atom stereocenters. The van der Waals surface area contributed by atoms with Gasteiger partial charge in [0.2, 0.25) is 10.0 Å². The lowest BCUT2D eigenvalue weighted by molar-refractivity contribution is -0.131. The highest BCUT2D eigenvalue weighted by molar-refractivity contribution is 7.89. The van der Waals surface area contributed by atoms with Gasteiger partial charge in [-0.25, -0.2) is 13.9 Å². The molecule has 4 rings (SSSR count). The second kappa shape index (κ2) is 8.59. The number of hydrogen-bond acceptors (Lipinski definition) is 5. The van der Waals surface area contributed by atoms with Crippen molar-refractivity contribution in [2.75, 3.05) is 0 Å². The third-order valence-corrected chi connectivity index (χ3v) is 7.00. The fourth-order valence-corrected chi connectivity index (χ4v) is 5.19. The van der Waals surface area contributed by atoms with Crippen LogP contribution in [0.25, 0.3) is 11.0 Å². The Kier molecular flexibility index (Phi) is 5.90. The van der Waals surface area contributed by atoms with Crippen molar-refractivity contribution in [1.29, 1.82) is 0 Å². The van der Waals surface area contributed by atoms with Gasteiger partial charge in [0.1, 0.15) is 17.4 Å². The summed E-state index contributed by atoms with van der Waals surface area (Å²) < 4.78 is 34.2. The van der Waals surface area contributed by atoms with Crippen LogP contribution in [0.4, 0.5) is 0 Å². The minimum atomic E-state index is -3.99. The first-order chi connectivity index (χ1) is 14.5. The van der Waals surface area contributed by atoms with Crippen molar-refractivity contribution in [2.45, 2.75) is 49.5 Å². The Hall–Kier alpha value is -2.68. The van der Waals surface area contributed by atoms with Gasteiger partial charge in [0.25, 0.3) is 5.91 Å². The SMILES string of the molecule is O=C(NO)[C@@H](CCc1ccccc1)NS(=O)(=O)c1ccc2c3c(oc2c1)CCCC3. The van der Waals surface area contributed by atoms with Gasteiger partial charge in [0, 0.05) is 23.4 Å². The van der Waals surface area contributed by atoms with Crippen LogP contribution < -0.4 is 10.2 Å². The molecule has 0 bridgehead atoms. The van der Waals surface area contributed by atoms with E-state index in [-0.39, 0.29) is 11.3 Å². The molecule has 1 atom stereocenters. The molecule has 0 aliphatic heterocycles. The predicted octanol–water partition coefficient (Wildman–Crippen LogP) is 3.10. The monoisotopic (exact) mass is 428 g/mol. The number of rotatable bonds is 7. The summed E-state index contributed by atoms with van der Waals surface area (Å²) in [5.41, 5.74) is 4.22. The van der Waals surface area contributed by atoms with Gasteiger partial charge in [0.15, 0.2) is 0 Å². The summed E-state index contributed by atoms with van der Waals surface area (Å²) in [5, 5.41) is 10.00. The third kappa shape index (κ3) is 4.26. The van der Waals surface area contributed by atoms with Crippen LogP contribution in [0.15, 0.2) is 57.8 Å². The number of hydrogen-bond donors (Lipinski definition) is 3. The van der Waals surface area contributed by atoms with E-state index >= 15 is 0 Å². The molecule has 0 fully saturated rings. The zero-order chi connectivity index (χ0) is 21.1. The molecule has 1 amide bonds. The Bertz CT molecular complexity index is 1150. The van der Waals surface area contributed by atoms with Crippen molar-refractivity contribution in [1.82, 2.24) is 10.2 Å². The van der Waals surface area contributed by atoms with Gasteiger partial charge in [-0.2, -0.15) is 4.72 Å². The smallest absolute Gasteiger partial charge is 0.261 e. The maximum atomic E-state index is 12.9. The van der Waals surface area contributed by atoms with Crippen LogP contribution in [0, 0.1) is 0 Å². The molecule has 0 saturated carbocycles. The molecular formula is C22H24N2O5S. The second-order valence-electron chi connectivity index (χ2n) is 7.54. The fourth-order valence-electron chi connectivity index (χ4n) is 3.94. The molecule has 1 aliphatic carbocycles. The second-order valence-corrected chi connectivity index (χ2v) is 9.26. The number of amides is 1.